The maximum absolute atomic E-state index is 13.2. The van der Waals surface area contributed by atoms with Crippen molar-refractivity contribution in [1.29, 1.82) is 0 Å². The fourth-order valence-corrected chi connectivity index (χ4v) is 5.63. The molecule has 0 saturated carbocycles. The van der Waals surface area contributed by atoms with Gasteiger partial charge in [-0.15, -0.1) is 0 Å². The minimum atomic E-state index is -0.130. The molecule has 3 aromatic carbocycles. The van der Waals surface area contributed by atoms with Crippen LogP contribution in [-0.4, -0.2) is 30.9 Å². The molecule has 180 valence electrons. The van der Waals surface area contributed by atoms with Crippen LogP contribution in [0.3, 0.4) is 0 Å². The second-order valence-corrected chi connectivity index (χ2v) is 10.8. The van der Waals surface area contributed by atoms with E-state index in [0.717, 1.165) is 26.1 Å². The van der Waals surface area contributed by atoms with Gasteiger partial charge in [-0.25, -0.2) is 0 Å². The SMILES string of the molecule is CCOc1cc(/C=C2/SC(=S)N(c3ccc(N(C)C)cc3)C2=O)cc(I)c1OCc1ccccc1. The highest BCUT2D eigenvalue weighted by molar-refractivity contribution is 14.1. The Morgan fingerprint density at radius 1 is 1.06 bits per heavy atom. The molecule has 1 saturated heterocycles. The molecule has 0 aromatic heterocycles. The quantitative estimate of drug-likeness (QED) is 0.159. The lowest BCUT2D eigenvalue weighted by atomic mass is 10.1. The maximum atomic E-state index is 13.2. The molecule has 1 amide bonds. The van der Waals surface area contributed by atoms with Gasteiger partial charge in [0.1, 0.15) is 6.61 Å². The van der Waals surface area contributed by atoms with Crippen molar-refractivity contribution < 1.29 is 14.3 Å². The monoisotopic (exact) mass is 616 g/mol. The Hall–Kier alpha value is -2.56. The molecule has 0 aliphatic carbocycles. The fourth-order valence-electron chi connectivity index (χ4n) is 3.55. The zero-order valence-electron chi connectivity index (χ0n) is 19.7. The number of ether oxygens (including phenoxy) is 2. The Morgan fingerprint density at radius 3 is 2.43 bits per heavy atom. The van der Waals surface area contributed by atoms with Crippen LogP contribution in [0.5, 0.6) is 11.5 Å². The van der Waals surface area contributed by atoms with E-state index in [4.69, 9.17) is 21.7 Å². The standard InChI is InChI=1S/C27H25IN2O3S2/c1-4-32-23-15-19(14-22(28)25(23)33-17-18-8-6-5-7-9-18)16-24-26(31)30(27(34)35-24)21-12-10-20(11-13-21)29(2)3/h5-16H,4,17H2,1-3H3/b24-16+. The van der Waals surface area contributed by atoms with Crippen molar-refractivity contribution in [3.05, 3.63) is 86.3 Å². The molecule has 4 rings (SSSR count). The van der Waals surface area contributed by atoms with Crippen LogP contribution < -0.4 is 19.3 Å². The Bertz CT molecular complexity index is 1260. The average Bonchev–Trinajstić information content (AvgIpc) is 3.12. The molecule has 0 spiro atoms. The van der Waals surface area contributed by atoms with Crippen LogP contribution in [0.25, 0.3) is 6.08 Å². The van der Waals surface area contributed by atoms with Gasteiger partial charge in [0.15, 0.2) is 15.8 Å². The maximum Gasteiger partial charge on any atom is 0.270 e. The van der Waals surface area contributed by atoms with Gasteiger partial charge in [-0.2, -0.15) is 0 Å². The number of halogens is 1. The molecule has 3 aromatic rings. The number of amides is 1. The van der Waals surface area contributed by atoms with Crippen LogP contribution in [0.2, 0.25) is 0 Å². The third-order valence-corrected chi connectivity index (χ3v) is 7.38. The summed E-state index contributed by atoms with van der Waals surface area (Å²) in [6.07, 6.45) is 1.86. The van der Waals surface area contributed by atoms with E-state index in [0.29, 0.717) is 33.9 Å². The largest absolute Gasteiger partial charge is 0.490 e. The van der Waals surface area contributed by atoms with Crippen LogP contribution in [0, 0.1) is 3.57 Å². The molecule has 8 heteroatoms. The van der Waals surface area contributed by atoms with E-state index >= 15 is 0 Å². The van der Waals surface area contributed by atoms with E-state index in [-0.39, 0.29) is 5.91 Å². The summed E-state index contributed by atoms with van der Waals surface area (Å²) in [5, 5.41) is 0. The van der Waals surface area contributed by atoms with Crippen molar-refractivity contribution in [1.82, 2.24) is 0 Å². The number of thioether (sulfide) groups is 1. The molecule has 0 atom stereocenters. The highest BCUT2D eigenvalue weighted by atomic mass is 127. The topological polar surface area (TPSA) is 42.0 Å². The van der Waals surface area contributed by atoms with Crippen molar-refractivity contribution in [2.45, 2.75) is 13.5 Å². The number of nitrogens with zero attached hydrogens (tertiary/aromatic N) is 2. The second-order valence-electron chi connectivity index (χ2n) is 7.97. The summed E-state index contributed by atoms with van der Waals surface area (Å²) in [4.78, 5) is 17.4. The number of anilines is 2. The molecule has 0 N–H and O–H groups in total. The summed E-state index contributed by atoms with van der Waals surface area (Å²) in [5.74, 6) is 1.22. The van der Waals surface area contributed by atoms with Crippen LogP contribution in [-0.2, 0) is 11.4 Å². The normalized spacial score (nSPS) is 14.5. The summed E-state index contributed by atoms with van der Waals surface area (Å²) < 4.78 is 13.4. The Labute approximate surface area is 229 Å². The summed E-state index contributed by atoms with van der Waals surface area (Å²) in [6, 6.07) is 21.7. The lowest BCUT2D eigenvalue weighted by Gasteiger charge is -2.17. The lowest BCUT2D eigenvalue weighted by Crippen LogP contribution is -2.27. The third kappa shape index (κ3) is 5.99. The van der Waals surface area contributed by atoms with E-state index < -0.39 is 0 Å². The molecule has 5 nitrogen and oxygen atoms in total. The number of carbonyl (C=O) groups is 1. The Kier molecular flexibility index (Phi) is 8.35. The van der Waals surface area contributed by atoms with Gasteiger partial charge in [0.05, 0.1) is 20.8 Å². The molecular formula is C27H25IN2O3S2. The first-order valence-electron chi connectivity index (χ1n) is 11.1. The second kappa shape index (κ2) is 11.5. The predicted molar refractivity (Wildman–Crippen MR) is 158 cm³/mol. The molecule has 1 aliphatic heterocycles. The zero-order chi connectivity index (χ0) is 24.9. The summed E-state index contributed by atoms with van der Waals surface area (Å²) in [7, 11) is 3.96. The minimum absolute atomic E-state index is 0.130. The van der Waals surface area contributed by atoms with Gasteiger partial charge >= 0.3 is 0 Å². The van der Waals surface area contributed by atoms with E-state index in [1.165, 1.54) is 11.8 Å². The van der Waals surface area contributed by atoms with Crippen LogP contribution in [0.4, 0.5) is 11.4 Å². The van der Waals surface area contributed by atoms with Crippen LogP contribution in [0.1, 0.15) is 18.1 Å². The molecule has 0 unspecified atom stereocenters. The molecule has 1 aliphatic rings. The van der Waals surface area contributed by atoms with Gasteiger partial charge in [-0.3, -0.25) is 9.69 Å². The van der Waals surface area contributed by atoms with Gasteiger partial charge in [-0.05, 0) is 83.1 Å². The van der Waals surface area contributed by atoms with Crippen molar-refractivity contribution >= 4 is 74.2 Å². The summed E-state index contributed by atoms with van der Waals surface area (Å²) >= 11 is 9.09. The zero-order valence-corrected chi connectivity index (χ0v) is 23.4. The van der Waals surface area contributed by atoms with Gasteiger partial charge in [0.25, 0.3) is 5.91 Å². The highest BCUT2D eigenvalue weighted by Crippen LogP contribution is 2.39. The number of hydrogen-bond donors (Lipinski definition) is 0. The van der Waals surface area contributed by atoms with E-state index in [9.17, 15) is 4.79 Å². The first-order valence-corrected chi connectivity index (χ1v) is 13.4. The van der Waals surface area contributed by atoms with E-state index in [1.54, 1.807) is 4.90 Å². The summed E-state index contributed by atoms with van der Waals surface area (Å²) in [6.45, 7) is 2.89. The van der Waals surface area contributed by atoms with Gasteiger partial charge < -0.3 is 14.4 Å². The average molecular weight is 617 g/mol. The fraction of sp³-hybridized carbons (Fsp3) is 0.185. The first kappa shape index (κ1) is 25.5. The van der Waals surface area contributed by atoms with Crippen LogP contribution in [0.15, 0.2) is 71.6 Å². The van der Waals surface area contributed by atoms with Gasteiger partial charge in [0.2, 0.25) is 0 Å². The minimum Gasteiger partial charge on any atom is -0.490 e. The van der Waals surface area contributed by atoms with Crippen molar-refractivity contribution in [3.8, 4) is 11.5 Å². The summed E-state index contributed by atoms with van der Waals surface area (Å²) in [5.41, 5.74) is 3.75. The molecule has 35 heavy (non-hydrogen) atoms. The number of thiocarbonyl (C=S) groups is 1. The molecule has 0 bridgehead atoms. The highest BCUT2D eigenvalue weighted by Gasteiger charge is 2.33. The number of hydrogen-bond acceptors (Lipinski definition) is 6. The molecule has 1 fully saturated rings. The molecule has 0 radical (unpaired) electrons. The van der Waals surface area contributed by atoms with Crippen LogP contribution >= 0.6 is 46.6 Å². The number of rotatable bonds is 8. The Balaban J connectivity index is 1.58. The lowest BCUT2D eigenvalue weighted by molar-refractivity contribution is -0.113. The van der Waals surface area contributed by atoms with Gasteiger partial charge in [0, 0.05) is 19.8 Å². The smallest absolute Gasteiger partial charge is 0.270 e. The van der Waals surface area contributed by atoms with Crippen molar-refractivity contribution in [3.63, 3.8) is 0 Å². The molecular weight excluding hydrogens is 591 g/mol. The number of carbonyl (C=O) groups excluding carboxylic acids is 1. The predicted octanol–water partition coefficient (Wildman–Crippen LogP) is 6.74. The van der Waals surface area contributed by atoms with E-state index in [1.807, 2.05) is 98.7 Å². The first-order chi connectivity index (χ1) is 16.9. The Morgan fingerprint density at radius 2 is 1.77 bits per heavy atom. The van der Waals surface area contributed by atoms with E-state index in [2.05, 4.69) is 22.6 Å². The third-order valence-electron chi connectivity index (χ3n) is 5.27. The van der Waals surface area contributed by atoms with Crippen molar-refractivity contribution in [2.24, 2.45) is 0 Å². The van der Waals surface area contributed by atoms with Gasteiger partial charge in [-0.1, -0.05) is 54.3 Å². The molecule has 1 heterocycles. The number of benzene rings is 3. The van der Waals surface area contributed by atoms with Crippen molar-refractivity contribution in [2.75, 3.05) is 30.5 Å².